The van der Waals surface area contributed by atoms with Crippen LogP contribution in [0.4, 0.5) is 11.5 Å². The Hall–Kier alpha value is -2.62. The number of carboxylic acids is 1. The maximum absolute atomic E-state index is 10.8. The molecule has 0 spiro atoms. The summed E-state index contributed by atoms with van der Waals surface area (Å²) in [6.45, 7) is 0. The van der Waals surface area contributed by atoms with E-state index < -0.39 is 16.9 Å². The average Bonchev–Trinajstić information content (AvgIpc) is 2.28. The normalized spacial score (nSPS) is 11.2. The average molecular weight is 235 g/mol. The van der Waals surface area contributed by atoms with E-state index in [1.54, 1.807) is 0 Å². The van der Waals surface area contributed by atoms with Crippen LogP contribution in [0.5, 0.6) is 0 Å². The Morgan fingerprint density at radius 2 is 2.47 bits per heavy atom. The van der Waals surface area contributed by atoms with E-state index in [9.17, 15) is 14.9 Å². The number of nitrogens with one attached hydrogen (secondary N) is 1. The van der Waals surface area contributed by atoms with E-state index in [1.807, 2.05) is 0 Å². The van der Waals surface area contributed by atoms with Gasteiger partial charge in [0.1, 0.15) is 11.9 Å². The van der Waals surface area contributed by atoms with Crippen LogP contribution in [0.25, 0.3) is 0 Å². The van der Waals surface area contributed by atoms with Gasteiger partial charge in [0.05, 0.1) is 11.0 Å². The highest BCUT2D eigenvalue weighted by atomic mass is 16.6. The number of aromatic nitrogens is 1. The van der Waals surface area contributed by atoms with Crippen molar-refractivity contribution in [3.8, 4) is 12.3 Å². The summed E-state index contributed by atoms with van der Waals surface area (Å²) in [4.78, 5) is 24.5. The number of carbonyl (C=O) groups is 1. The molecule has 7 heteroatoms. The van der Waals surface area contributed by atoms with Crippen molar-refractivity contribution in [2.45, 2.75) is 12.5 Å². The number of nitro groups is 1. The molecule has 0 aliphatic rings. The second-order valence-corrected chi connectivity index (χ2v) is 3.10. The van der Waals surface area contributed by atoms with Crippen molar-refractivity contribution in [2.75, 3.05) is 5.32 Å². The number of anilines is 1. The number of hydrogen-bond donors (Lipinski definition) is 2. The lowest BCUT2D eigenvalue weighted by molar-refractivity contribution is -0.384. The van der Waals surface area contributed by atoms with Crippen LogP contribution >= 0.6 is 0 Å². The number of carboxylic acid groups (broad SMARTS) is 1. The molecule has 0 aromatic carbocycles. The topological polar surface area (TPSA) is 105 Å². The van der Waals surface area contributed by atoms with Gasteiger partial charge in [-0.1, -0.05) is 0 Å². The molecule has 0 aliphatic carbocycles. The number of pyridine rings is 1. The third-order valence-electron chi connectivity index (χ3n) is 1.90. The SMILES string of the molecule is C#CCC(Nc1cc([N+](=O)[O-])ccn1)C(=O)O. The van der Waals surface area contributed by atoms with Gasteiger partial charge in [0, 0.05) is 18.7 Å². The van der Waals surface area contributed by atoms with Gasteiger partial charge in [0.2, 0.25) is 0 Å². The molecule has 1 aromatic rings. The molecular weight excluding hydrogens is 226 g/mol. The summed E-state index contributed by atoms with van der Waals surface area (Å²) < 4.78 is 0. The number of terminal acetylenes is 1. The highest BCUT2D eigenvalue weighted by Gasteiger charge is 2.17. The minimum absolute atomic E-state index is 0.0420. The van der Waals surface area contributed by atoms with Gasteiger partial charge in [0.15, 0.2) is 0 Å². The zero-order valence-electron chi connectivity index (χ0n) is 8.66. The van der Waals surface area contributed by atoms with E-state index in [2.05, 4.69) is 16.2 Å². The summed E-state index contributed by atoms with van der Waals surface area (Å²) in [7, 11) is 0. The molecular formula is C10H9N3O4. The fraction of sp³-hybridized carbons (Fsp3) is 0.200. The van der Waals surface area contributed by atoms with Crippen LogP contribution in [0, 0.1) is 22.5 Å². The van der Waals surface area contributed by atoms with Crippen molar-refractivity contribution in [2.24, 2.45) is 0 Å². The molecule has 7 nitrogen and oxygen atoms in total. The minimum atomic E-state index is -1.14. The van der Waals surface area contributed by atoms with Gasteiger partial charge in [-0.2, -0.15) is 0 Å². The van der Waals surface area contributed by atoms with Crippen LogP contribution in [-0.4, -0.2) is 27.0 Å². The molecule has 1 heterocycles. The Morgan fingerprint density at radius 1 is 1.76 bits per heavy atom. The summed E-state index contributed by atoms with van der Waals surface area (Å²) in [5.41, 5.74) is -0.174. The van der Waals surface area contributed by atoms with Gasteiger partial charge in [-0.05, 0) is 0 Å². The largest absolute Gasteiger partial charge is 0.480 e. The highest BCUT2D eigenvalue weighted by molar-refractivity contribution is 5.77. The lowest BCUT2D eigenvalue weighted by Gasteiger charge is -2.11. The van der Waals surface area contributed by atoms with Gasteiger partial charge < -0.3 is 10.4 Å². The Kier molecular flexibility index (Phi) is 4.00. The summed E-state index contributed by atoms with van der Waals surface area (Å²) in [6, 6.07) is 1.34. The van der Waals surface area contributed by atoms with Crippen LogP contribution in [0.15, 0.2) is 18.3 Å². The second kappa shape index (κ2) is 5.46. The van der Waals surface area contributed by atoms with Gasteiger partial charge in [-0.15, -0.1) is 12.3 Å². The first-order chi connectivity index (χ1) is 8.04. The number of nitrogens with zero attached hydrogens (tertiary/aromatic N) is 2. The standard InChI is InChI=1S/C10H9N3O4/c1-2-3-8(10(14)15)12-9-6-7(13(16)17)4-5-11-9/h1,4-6,8H,3H2,(H,11,12)(H,14,15). The Balaban J connectivity index is 2.86. The minimum Gasteiger partial charge on any atom is -0.480 e. The summed E-state index contributed by atoms with van der Waals surface area (Å²) in [6.07, 6.45) is 6.19. The van der Waals surface area contributed by atoms with Crippen molar-refractivity contribution >= 4 is 17.5 Å². The van der Waals surface area contributed by atoms with Gasteiger partial charge in [-0.3, -0.25) is 10.1 Å². The third-order valence-corrected chi connectivity index (χ3v) is 1.90. The van der Waals surface area contributed by atoms with Crippen molar-refractivity contribution in [3.63, 3.8) is 0 Å². The molecule has 0 amide bonds. The number of aliphatic carboxylic acids is 1. The fourth-order valence-electron chi connectivity index (χ4n) is 1.11. The smallest absolute Gasteiger partial charge is 0.327 e. The molecule has 17 heavy (non-hydrogen) atoms. The Labute approximate surface area is 96.6 Å². The van der Waals surface area contributed by atoms with Crippen molar-refractivity contribution in [3.05, 3.63) is 28.4 Å². The molecule has 0 bridgehead atoms. The van der Waals surface area contributed by atoms with Crippen LogP contribution < -0.4 is 5.32 Å². The van der Waals surface area contributed by atoms with E-state index >= 15 is 0 Å². The zero-order chi connectivity index (χ0) is 12.8. The van der Waals surface area contributed by atoms with Crippen LogP contribution in [0.2, 0.25) is 0 Å². The summed E-state index contributed by atoms with van der Waals surface area (Å²) in [5.74, 6) is 1.16. The van der Waals surface area contributed by atoms with E-state index in [0.717, 1.165) is 6.07 Å². The van der Waals surface area contributed by atoms with E-state index in [4.69, 9.17) is 11.5 Å². The molecule has 1 atom stereocenters. The predicted molar refractivity (Wildman–Crippen MR) is 59.4 cm³/mol. The zero-order valence-corrected chi connectivity index (χ0v) is 8.66. The lowest BCUT2D eigenvalue weighted by Crippen LogP contribution is -2.29. The Bertz CT molecular complexity index is 481. The molecule has 0 radical (unpaired) electrons. The molecule has 0 fully saturated rings. The molecule has 1 unspecified atom stereocenters. The molecule has 88 valence electrons. The van der Waals surface area contributed by atoms with Crippen molar-refractivity contribution in [1.29, 1.82) is 0 Å². The third kappa shape index (κ3) is 3.46. The molecule has 2 N–H and O–H groups in total. The maximum atomic E-state index is 10.8. The highest BCUT2D eigenvalue weighted by Crippen LogP contribution is 2.15. The van der Waals surface area contributed by atoms with E-state index in [1.165, 1.54) is 12.3 Å². The van der Waals surface area contributed by atoms with Gasteiger partial charge >= 0.3 is 5.97 Å². The monoisotopic (exact) mass is 235 g/mol. The fourth-order valence-corrected chi connectivity index (χ4v) is 1.11. The van der Waals surface area contributed by atoms with E-state index in [0.29, 0.717) is 0 Å². The molecule has 0 saturated carbocycles. The predicted octanol–water partition coefficient (Wildman–Crippen LogP) is 0.878. The molecule has 1 aromatic heterocycles. The maximum Gasteiger partial charge on any atom is 0.327 e. The van der Waals surface area contributed by atoms with E-state index in [-0.39, 0.29) is 17.9 Å². The summed E-state index contributed by atoms with van der Waals surface area (Å²) in [5, 5.41) is 21.8. The van der Waals surface area contributed by atoms with Gasteiger partial charge in [0.25, 0.3) is 5.69 Å². The van der Waals surface area contributed by atoms with Crippen LogP contribution in [-0.2, 0) is 4.79 Å². The number of hydrogen-bond acceptors (Lipinski definition) is 5. The van der Waals surface area contributed by atoms with Gasteiger partial charge in [-0.25, -0.2) is 9.78 Å². The van der Waals surface area contributed by atoms with Crippen molar-refractivity contribution in [1.82, 2.24) is 4.98 Å². The molecule has 0 saturated heterocycles. The quantitative estimate of drug-likeness (QED) is 0.445. The first-order valence-electron chi connectivity index (χ1n) is 4.58. The molecule has 0 aliphatic heterocycles. The number of rotatable bonds is 5. The lowest BCUT2D eigenvalue weighted by atomic mass is 10.2. The second-order valence-electron chi connectivity index (χ2n) is 3.10. The van der Waals surface area contributed by atoms with Crippen LogP contribution in [0.3, 0.4) is 0 Å². The van der Waals surface area contributed by atoms with Crippen LogP contribution in [0.1, 0.15) is 6.42 Å². The van der Waals surface area contributed by atoms with Crippen molar-refractivity contribution < 1.29 is 14.8 Å². The first-order valence-corrected chi connectivity index (χ1v) is 4.58. The molecule has 1 rings (SSSR count). The first kappa shape index (κ1) is 12.4. The Morgan fingerprint density at radius 3 is 3.00 bits per heavy atom. The summed E-state index contributed by atoms with van der Waals surface area (Å²) >= 11 is 0.